The molecule has 0 amide bonds. The molecule has 78 valence electrons. The first kappa shape index (κ1) is 11.5. The van der Waals surface area contributed by atoms with Crippen molar-refractivity contribution in [3.05, 3.63) is 27.7 Å². The molecule has 0 saturated carbocycles. The van der Waals surface area contributed by atoms with Crippen LogP contribution in [-0.4, -0.2) is 16.8 Å². The maximum atomic E-state index is 9.67. The summed E-state index contributed by atoms with van der Waals surface area (Å²) in [6.45, 7) is 3.33. The van der Waals surface area contributed by atoms with Gasteiger partial charge in [0.2, 0.25) is 0 Å². The topological polar surface area (TPSA) is 66.5 Å². The van der Waals surface area contributed by atoms with Gasteiger partial charge in [0.05, 0.1) is 12.1 Å². The monoisotopic (exact) mass is 259 g/mol. The molecular weight excluding hydrogens is 246 g/mol. The number of benzene rings is 1. The van der Waals surface area contributed by atoms with Crippen molar-refractivity contribution < 1.29 is 10.2 Å². The van der Waals surface area contributed by atoms with Crippen LogP contribution < -0.4 is 5.73 Å². The number of nitrogens with two attached hydrogens (primary N) is 1. The van der Waals surface area contributed by atoms with Gasteiger partial charge in [-0.3, -0.25) is 0 Å². The lowest BCUT2D eigenvalue weighted by molar-refractivity contribution is 0.207. The molecule has 0 radical (unpaired) electrons. The Morgan fingerprint density at radius 1 is 1.50 bits per heavy atom. The summed E-state index contributed by atoms with van der Waals surface area (Å²) in [5.74, 6) is 0.116. The van der Waals surface area contributed by atoms with Crippen LogP contribution in [0.3, 0.4) is 0 Å². The van der Waals surface area contributed by atoms with E-state index in [0.29, 0.717) is 5.56 Å². The van der Waals surface area contributed by atoms with Gasteiger partial charge in [-0.2, -0.15) is 0 Å². The first-order valence-corrected chi connectivity index (χ1v) is 5.07. The highest BCUT2D eigenvalue weighted by molar-refractivity contribution is 9.10. The predicted molar refractivity (Wildman–Crippen MR) is 59.2 cm³/mol. The molecule has 0 aliphatic rings. The van der Waals surface area contributed by atoms with Crippen LogP contribution in [0.4, 0.5) is 0 Å². The highest BCUT2D eigenvalue weighted by Crippen LogP contribution is 2.32. The average Bonchev–Trinajstić information content (AvgIpc) is 2.11. The first-order chi connectivity index (χ1) is 6.38. The van der Waals surface area contributed by atoms with Crippen LogP contribution >= 0.6 is 15.9 Å². The molecule has 1 rings (SSSR count). The number of aromatic hydroxyl groups is 1. The van der Waals surface area contributed by atoms with Crippen LogP contribution in [0.2, 0.25) is 0 Å². The fourth-order valence-electron chi connectivity index (χ4n) is 1.21. The Bertz CT molecular complexity index is 350. The van der Waals surface area contributed by atoms with Crippen LogP contribution in [0.1, 0.15) is 18.1 Å². The van der Waals surface area contributed by atoms with Gasteiger partial charge < -0.3 is 15.9 Å². The third-order valence-electron chi connectivity index (χ3n) is 2.22. The molecule has 14 heavy (non-hydrogen) atoms. The molecule has 0 heterocycles. The van der Waals surface area contributed by atoms with Gasteiger partial charge >= 0.3 is 0 Å². The van der Waals surface area contributed by atoms with Crippen LogP contribution in [0.15, 0.2) is 16.6 Å². The van der Waals surface area contributed by atoms with E-state index in [9.17, 15) is 5.11 Å². The van der Waals surface area contributed by atoms with Crippen molar-refractivity contribution in [1.29, 1.82) is 0 Å². The molecule has 0 saturated heterocycles. The molecular formula is C10H14BrNO2. The minimum atomic E-state index is -0.916. The highest BCUT2D eigenvalue weighted by atomic mass is 79.9. The Kier molecular flexibility index (Phi) is 3.19. The van der Waals surface area contributed by atoms with Gasteiger partial charge in [0.25, 0.3) is 0 Å². The maximum absolute atomic E-state index is 9.67. The van der Waals surface area contributed by atoms with E-state index in [1.54, 1.807) is 19.1 Å². The standard InChI is InChI=1S/C10H14BrNO2/c1-6-3-9(14)7(4-8(6)11)10(2,12)5-13/h3-4,13-14H,5,12H2,1-2H3. The molecule has 4 N–H and O–H groups in total. The second kappa shape index (κ2) is 3.88. The summed E-state index contributed by atoms with van der Waals surface area (Å²) in [5.41, 5.74) is 6.38. The van der Waals surface area contributed by atoms with Crippen molar-refractivity contribution in [2.45, 2.75) is 19.4 Å². The van der Waals surface area contributed by atoms with E-state index in [0.717, 1.165) is 10.0 Å². The zero-order chi connectivity index (χ0) is 10.9. The van der Waals surface area contributed by atoms with Crippen LogP contribution in [-0.2, 0) is 5.54 Å². The molecule has 1 unspecified atom stereocenters. The number of phenols is 1. The summed E-state index contributed by atoms with van der Waals surface area (Å²) >= 11 is 3.35. The van der Waals surface area contributed by atoms with E-state index in [2.05, 4.69) is 15.9 Å². The molecule has 0 fully saturated rings. The Morgan fingerprint density at radius 2 is 2.07 bits per heavy atom. The van der Waals surface area contributed by atoms with Gasteiger partial charge in [-0.1, -0.05) is 15.9 Å². The summed E-state index contributed by atoms with van der Waals surface area (Å²) in [7, 11) is 0. The van der Waals surface area contributed by atoms with Crippen molar-refractivity contribution in [2.24, 2.45) is 5.73 Å². The lowest BCUT2D eigenvalue weighted by atomic mass is 9.92. The maximum Gasteiger partial charge on any atom is 0.121 e. The van der Waals surface area contributed by atoms with E-state index >= 15 is 0 Å². The number of phenolic OH excluding ortho intramolecular Hbond substituents is 1. The smallest absolute Gasteiger partial charge is 0.121 e. The summed E-state index contributed by atoms with van der Waals surface area (Å²) in [6, 6.07) is 3.36. The van der Waals surface area contributed by atoms with Gasteiger partial charge in [0.15, 0.2) is 0 Å². The zero-order valence-corrected chi connectivity index (χ0v) is 9.80. The predicted octanol–water partition coefficient (Wildman–Crippen LogP) is 1.63. The van der Waals surface area contributed by atoms with Crippen molar-refractivity contribution in [1.82, 2.24) is 0 Å². The Balaban J connectivity index is 3.29. The Morgan fingerprint density at radius 3 is 2.57 bits per heavy atom. The second-order valence-electron chi connectivity index (χ2n) is 3.69. The third-order valence-corrected chi connectivity index (χ3v) is 3.08. The first-order valence-electron chi connectivity index (χ1n) is 4.28. The fourth-order valence-corrected chi connectivity index (χ4v) is 1.55. The van der Waals surface area contributed by atoms with Crippen LogP contribution in [0, 0.1) is 6.92 Å². The van der Waals surface area contributed by atoms with E-state index in [4.69, 9.17) is 10.8 Å². The Hall–Kier alpha value is -0.580. The van der Waals surface area contributed by atoms with Crippen molar-refractivity contribution in [2.75, 3.05) is 6.61 Å². The van der Waals surface area contributed by atoms with Crippen LogP contribution in [0.25, 0.3) is 0 Å². The highest BCUT2D eigenvalue weighted by Gasteiger charge is 2.24. The van der Waals surface area contributed by atoms with E-state index in [1.165, 1.54) is 0 Å². The number of aliphatic hydroxyl groups excluding tert-OH is 1. The van der Waals surface area contributed by atoms with E-state index in [1.807, 2.05) is 6.92 Å². The molecule has 4 heteroatoms. The molecule has 0 aliphatic heterocycles. The molecule has 0 spiro atoms. The number of rotatable bonds is 2. The molecule has 1 aromatic carbocycles. The quantitative estimate of drug-likeness (QED) is 0.757. The van der Waals surface area contributed by atoms with Gasteiger partial charge in [-0.15, -0.1) is 0 Å². The Labute approximate surface area is 91.7 Å². The minimum absolute atomic E-state index is 0.116. The largest absolute Gasteiger partial charge is 0.508 e. The van der Waals surface area contributed by atoms with E-state index in [-0.39, 0.29) is 12.4 Å². The third kappa shape index (κ3) is 2.08. The summed E-state index contributed by atoms with van der Waals surface area (Å²) in [4.78, 5) is 0. The molecule has 0 aliphatic carbocycles. The minimum Gasteiger partial charge on any atom is -0.508 e. The summed E-state index contributed by atoms with van der Waals surface area (Å²) in [5, 5.41) is 18.8. The molecule has 3 nitrogen and oxygen atoms in total. The lowest BCUT2D eigenvalue weighted by Crippen LogP contribution is -2.37. The number of hydrogen-bond donors (Lipinski definition) is 3. The summed E-state index contributed by atoms with van der Waals surface area (Å²) < 4.78 is 0.871. The van der Waals surface area contributed by atoms with Gasteiger partial charge in [0.1, 0.15) is 5.75 Å². The SMILES string of the molecule is Cc1cc(O)c(C(C)(N)CO)cc1Br. The van der Waals surface area contributed by atoms with Crippen LogP contribution in [0.5, 0.6) is 5.75 Å². The van der Waals surface area contributed by atoms with Crippen molar-refractivity contribution in [3.8, 4) is 5.75 Å². The lowest BCUT2D eigenvalue weighted by Gasteiger charge is -2.24. The normalized spacial score (nSPS) is 15.2. The molecule has 0 bridgehead atoms. The average molecular weight is 260 g/mol. The zero-order valence-electron chi connectivity index (χ0n) is 8.21. The van der Waals surface area contributed by atoms with Crippen molar-refractivity contribution in [3.63, 3.8) is 0 Å². The fraction of sp³-hybridized carbons (Fsp3) is 0.400. The number of aryl methyl sites for hydroxylation is 1. The molecule has 1 atom stereocenters. The van der Waals surface area contributed by atoms with E-state index < -0.39 is 5.54 Å². The number of halogens is 1. The summed E-state index contributed by atoms with van der Waals surface area (Å²) in [6.07, 6.45) is 0. The molecule has 0 aromatic heterocycles. The molecule has 1 aromatic rings. The van der Waals surface area contributed by atoms with Gasteiger partial charge in [0, 0.05) is 10.0 Å². The van der Waals surface area contributed by atoms with Gasteiger partial charge in [-0.05, 0) is 31.5 Å². The van der Waals surface area contributed by atoms with Gasteiger partial charge in [-0.25, -0.2) is 0 Å². The number of aliphatic hydroxyl groups is 1. The second-order valence-corrected chi connectivity index (χ2v) is 4.55. The number of hydrogen-bond acceptors (Lipinski definition) is 3. The van der Waals surface area contributed by atoms with Crippen molar-refractivity contribution >= 4 is 15.9 Å².